The van der Waals surface area contributed by atoms with Crippen molar-refractivity contribution in [2.45, 2.75) is 13.3 Å². The van der Waals surface area contributed by atoms with E-state index in [2.05, 4.69) is 21.3 Å². The van der Waals surface area contributed by atoms with Crippen LogP contribution in [0, 0.1) is 0 Å². The lowest BCUT2D eigenvalue weighted by Gasteiger charge is -2.10. The number of hydrogen-bond donors (Lipinski definition) is 4. The van der Waals surface area contributed by atoms with E-state index in [1.165, 1.54) is 0 Å². The highest BCUT2D eigenvalue weighted by Gasteiger charge is 2.09. The molecule has 2 rings (SSSR count). The molecule has 30 heavy (non-hydrogen) atoms. The van der Waals surface area contributed by atoms with Crippen LogP contribution < -0.4 is 21.3 Å². The van der Waals surface area contributed by atoms with Crippen molar-refractivity contribution in [1.82, 2.24) is 10.6 Å². The standard InChI is InChI=1S/C22H28N4O4/c1-3-10-23-21(28)17-7-5-9-19(14-17)26-20(27)15-25-18-8-4-6-16(13-18)22(29)24-11-12-30-2/h4-9,13-14,25H,3,10-12,15H2,1-2H3,(H,23,28)(H,24,29)(H,26,27). The van der Waals surface area contributed by atoms with E-state index in [-0.39, 0.29) is 24.3 Å². The van der Waals surface area contributed by atoms with Crippen LogP contribution in [-0.2, 0) is 9.53 Å². The summed E-state index contributed by atoms with van der Waals surface area (Å²) in [5.41, 5.74) is 2.16. The Balaban J connectivity index is 1.88. The van der Waals surface area contributed by atoms with Crippen molar-refractivity contribution in [1.29, 1.82) is 0 Å². The van der Waals surface area contributed by atoms with E-state index in [4.69, 9.17) is 4.74 Å². The van der Waals surface area contributed by atoms with Gasteiger partial charge in [0.15, 0.2) is 0 Å². The number of amides is 3. The van der Waals surface area contributed by atoms with Gasteiger partial charge < -0.3 is 26.0 Å². The lowest BCUT2D eigenvalue weighted by Crippen LogP contribution is -2.27. The highest BCUT2D eigenvalue weighted by Crippen LogP contribution is 2.12. The summed E-state index contributed by atoms with van der Waals surface area (Å²) in [5.74, 6) is -0.652. The molecule has 0 saturated carbocycles. The summed E-state index contributed by atoms with van der Waals surface area (Å²) >= 11 is 0. The van der Waals surface area contributed by atoms with Gasteiger partial charge >= 0.3 is 0 Å². The molecule has 8 heteroatoms. The van der Waals surface area contributed by atoms with Crippen molar-refractivity contribution in [3.8, 4) is 0 Å². The highest BCUT2D eigenvalue weighted by molar-refractivity contribution is 5.98. The maximum absolute atomic E-state index is 12.3. The molecule has 0 fully saturated rings. The van der Waals surface area contributed by atoms with E-state index in [1.807, 2.05) is 6.92 Å². The maximum atomic E-state index is 12.3. The Labute approximate surface area is 176 Å². The minimum Gasteiger partial charge on any atom is -0.383 e. The molecule has 0 aliphatic rings. The van der Waals surface area contributed by atoms with E-state index in [1.54, 1.807) is 55.6 Å². The van der Waals surface area contributed by atoms with Crippen LogP contribution in [0.3, 0.4) is 0 Å². The topological polar surface area (TPSA) is 109 Å². The van der Waals surface area contributed by atoms with Crippen molar-refractivity contribution in [3.63, 3.8) is 0 Å². The number of nitrogens with one attached hydrogen (secondary N) is 4. The van der Waals surface area contributed by atoms with Crippen LogP contribution in [0.5, 0.6) is 0 Å². The zero-order chi connectivity index (χ0) is 21.8. The SMILES string of the molecule is CCCNC(=O)c1cccc(NC(=O)CNc2cccc(C(=O)NCCOC)c2)c1. The smallest absolute Gasteiger partial charge is 0.251 e. The summed E-state index contributed by atoms with van der Waals surface area (Å²) < 4.78 is 4.91. The number of rotatable bonds is 11. The summed E-state index contributed by atoms with van der Waals surface area (Å²) in [6, 6.07) is 13.7. The number of anilines is 2. The van der Waals surface area contributed by atoms with Gasteiger partial charge in [-0.15, -0.1) is 0 Å². The molecular formula is C22H28N4O4. The average Bonchev–Trinajstić information content (AvgIpc) is 2.76. The molecule has 0 aliphatic heterocycles. The fraction of sp³-hybridized carbons (Fsp3) is 0.318. The zero-order valence-corrected chi connectivity index (χ0v) is 17.3. The molecule has 0 saturated heterocycles. The third-order valence-corrected chi connectivity index (χ3v) is 4.11. The molecule has 2 aromatic rings. The van der Waals surface area contributed by atoms with Crippen molar-refractivity contribution >= 4 is 29.1 Å². The minimum atomic E-state index is -0.268. The molecule has 0 unspecified atom stereocenters. The minimum absolute atomic E-state index is 0.0149. The molecule has 0 radical (unpaired) electrons. The average molecular weight is 412 g/mol. The van der Waals surface area contributed by atoms with Crippen LogP contribution in [-0.4, -0.2) is 51.1 Å². The highest BCUT2D eigenvalue weighted by atomic mass is 16.5. The molecule has 0 aromatic heterocycles. The zero-order valence-electron chi connectivity index (χ0n) is 17.3. The maximum Gasteiger partial charge on any atom is 0.251 e. The first kappa shape index (κ1) is 22.9. The predicted molar refractivity (Wildman–Crippen MR) is 117 cm³/mol. The number of benzene rings is 2. The Kier molecular flexibility index (Phi) is 9.33. The molecule has 160 valence electrons. The summed E-state index contributed by atoms with van der Waals surface area (Å²) in [7, 11) is 1.57. The van der Waals surface area contributed by atoms with Gasteiger partial charge in [-0.25, -0.2) is 0 Å². The third-order valence-electron chi connectivity index (χ3n) is 4.11. The molecule has 2 aromatic carbocycles. The van der Waals surface area contributed by atoms with Crippen molar-refractivity contribution in [3.05, 3.63) is 59.7 Å². The predicted octanol–water partition coefficient (Wildman–Crippen LogP) is 2.25. The number of methoxy groups -OCH3 is 1. The second-order valence-electron chi connectivity index (χ2n) is 6.57. The van der Waals surface area contributed by atoms with Crippen LogP contribution in [0.4, 0.5) is 11.4 Å². The van der Waals surface area contributed by atoms with E-state index in [0.717, 1.165) is 6.42 Å². The second-order valence-corrected chi connectivity index (χ2v) is 6.57. The fourth-order valence-electron chi connectivity index (χ4n) is 2.61. The van der Waals surface area contributed by atoms with E-state index < -0.39 is 0 Å². The molecule has 0 bridgehead atoms. The van der Waals surface area contributed by atoms with Gasteiger partial charge in [-0.2, -0.15) is 0 Å². The quantitative estimate of drug-likeness (QED) is 0.424. The number of ether oxygens (including phenoxy) is 1. The van der Waals surface area contributed by atoms with Crippen LogP contribution in [0.25, 0.3) is 0 Å². The Bertz CT molecular complexity index is 870. The second kappa shape index (κ2) is 12.2. The number of carbonyl (C=O) groups excluding carboxylic acids is 3. The number of carbonyl (C=O) groups is 3. The molecule has 0 heterocycles. The van der Waals surface area contributed by atoms with Gasteiger partial charge in [-0.1, -0.05) is 19.1 Å². The third kappa shape index (κ3) is 7.56. The fourth-order valence-corrected chi connectivity index (χ4v) is 2.61. The summed E-state index contributed by atoms with van der Waals surface area (Å²) in [6.45, 7) is 3.45. The number of hydrogen-bond acceptors (Lipinski definition) is 5. The summed E-state index contributed by atoms with van der Waals surface area (Å²) in [4.78, 5) is 36.4. The van der Waals surface area contributed by atoms with Gasteiger partial charge in [0.05, 0.1) is 13.2 Å². The lowest BCUT2D eigenvalue weighted by molar-refractivity contribution is -0.114. The molecule has 4 N–H and O–H groups in total. The first-order valence-corrected chi connectivity index (χ1v) is 9.82. The Morgan fingerprint density at radius 2 is 1.47 bits per heavy atom. The van der Waals surface area contributed by atoms with Gasteiger partial charge in [-0.05, 0) is 42.8 Å². The van der Waals surface area contributed by atoms with Crippen molar-refractivity contribution < 1.29 is 19.1 Å². The van der Waals surface area contributed by atoms with Crippen LogP contribution in [0.1, 0.15) is 34.1 Å². The van der Waals surface area contributed by atoms with Crippen LogP contribution >= 0.6 is 0 Å². The molecule has 0 aliphatic carbocycles. The van der Waals surface area contributed by atoms with E-state index >= 15 is 0 Å². The Morgan fingerprint density at radius 3 is 2.10 bits per heavy atom. The normalized spacial score (nSPS) is 10.2. The Morgan fingerprint density at radius 1 is 0.867 bits per heavy atom. The Hall–Kier alpha value is -3.39. The molecule has 3 amide bonds. The van der Waals surface area contributed by atoms with E-state index in [9.17, 15) is 14.4 Å². The first-order valence-electron chi connectivity index (χ1n) is 9.82. The van der Waals surface area contributed by atoms with Gasteiger partial charge in [0.25, 0.3) is 11.8 Å². The van der Waals surface area contributed by atoms with Crippen LogP contribution in [0.2, 0.25) is 0 Å². The summed E-state index contributed by atoms with van der Waals surface area (Å²) in [6.07, 6.45) is 0.851. The van der Waals surface area contributed by atoms with E-state index in [0.29, 0.717) is 42.2 Å². The first-order chi connectivity index (χ1) is 14.5. The monoisotopic (exact) mass is 412 g/mol. The van der Waals surface area contributed by atoms with Gasteiger partial charge in [-0.3, -0.25) is 14.4 Å². The van der Waals surface area contributed by atoms with Crippen molar-refractivity contribution in [2.75, 3.05) is 44.0 Å². The summed E-state index contributed by atoms with van der Waals surface area (Å²) in [5, 5.41) is 11.3. The van der Waals surface area contributed by atoms with Gasteiger partial charge in [0, 0.05) is 42.7 Å². The van der Waals surface area contributed by atoms with Crippen molar-refractivity contribution in [2.24, 2.45) is 0 Å². The molecule has 0 atom stereocenters. The van der Waals surface area contributed by atoms with Gasteiger partial charge in [0.2, 0.25) is 5.91 Å². The van der Waals surface area contributed by atoms with Gasteiger partial charge in [0.1, 0.15) is 0 Å². The van der Waals surface area contributed by atoms with Crippen LogP contribution in [0.15, 0.2) is 48.5 Å². The molecular weight excluding hydrogens is 384 g/mol. The largest absolute Gasteiger partial charge is 0.383 e. The molecule has 0 spiro atoms. The lowest BCUT2D eigenvalue weighted by atomic mass is 10.2. The molecule has 8 nitrogen and oxygen atoms in total.